The third-order valence-corrected chi connectivity index (χ3v) is 6.54. The maximum atomic E-state index is 13.0. The van der Waals surface area contributed by atoms with E-state index in [1.165, 1.54) is 28.6 Å². The zero-order chi connectivity index (χ0) is 19.4. The number of piperazine rings is 1. The Labute approximate surface area is 159 Å². The highest BCUT2D eigenvalue weighted by Gasteiger charge is 2.28. The monoisotopic (exact) mass is 390 g/mol. The number of hydrogen-bond acceptors (Lipinski definition) is 4. The Bertz CT molecular complexity index is 905. The Morgan fingerprint density at radius 1 is 1.04 bits per heavy atom. The minimum absolute atomic E-state index is 0.0107. The van der Waals surface area contributed by atoms with Crippen molar-refractivity contribution in [1.82, 2.24) is 9.21 Å². The summed E-state index contributed by atoms with van der Waals surface area (Å²) in [6.07, 6.45) is 0. The van der Waals surface area contributed by atoms with E-state index in [0.29, 0.717) is 31.7 Å². The molecule has 27 heavy (non-hydrogen) atoms. The number of carbonyl (C=O) groups excluding carboxylic acids is 1. The summed E-state index contributed by atoms with van der Waals surface area (Å²) in [5, 5.41) is 0. The van der Waals surface area contributed by atoms with Crippen molar-refractivity contribution < 1.29 is 17.6 Å². The van der Waals surface area contributed by atoms with E-state index < -0.39 is 10.0 Å². The molecule has 0 atom stereocenters. The number of halogens is 1. The molecule has 0 spiro atoms. The van der Waals surface area contributed by atoms with Crippen molar-refractivity contribution in [1.29, 1.82) is 0 Å². The van der Waals surface area contributed by atoms with Gasteiger partial charge >= 0.3 is 0 Å². The van der Waals surface area contributed by atoms with E-state index >= 15 is 0 Å². The summed E-state index contributed by atoms with van der Waals surface area (Å²) in [5.74, 6) is -0.478. The Kier molecular flexibility index (Phi) is 6.04. The maximum absolute atomic E-state index is 13.0. The minimum Gasteiger partial charge on any atom is -0.293 e. The summed E-state index contributed by atoms with van der Waals surface area (Å²) in [7, 11) is -3.38. The van der Waals surface area contributed by atoms with Crippen LogP contribution < -0.4 is 0 Å². The molecule has 0 amide bonds. The zero-order valence-electron chi connectivity index (χ0n) is 15.3. The highest BCUT2D eigenvalue weighted by Crippen LogP contribution is 2.15. The number of nitrogens with zero attached hydrogens (tertiary/aromatic N) is 2. The molecule has 1 fully saturated rings. The number of sulfonamides is 1. The number of Topliss-reactive ketones (excluding diaryl/α,β-unsaturated/α-hetero) is 1. The van der Waals surface area contributed by atoms with E-state index in [1.54, 1.807) is 0 Å². The lowest BCUT2D eigenvalue weighted by molar-refractivity contribution is 0.0901. The van der Waals surface area contributed by atoms with E-state index in [0.717, 1.165) is 11.1 Å². The lowest BCUT2D eigenvalue weighted by Gasteiger charge is -2.33. The van der Waals surface area contributed by atoms with Crippen molar-refractivity contribution in [3.63, 3.8) is 0 Å². The molecule has 2 aromatic rings. The van der Waals surface area contributed by atoms with Gasteiger partial charge in [-0.3, -0.25) is 9.69 Å². The number of ketones is 1. The van der Waals surface area contributed by atoms with Crippen LogP contribution in [0.4, 0.5) is 4.39 Å². The Balaban J connectivity index is 1.55. The van der Waals surface area contributed by atoms with Gasteiger partial charge in [-0.2, -0.15) is 4.31 Å². The van der Waals surface area contributed by atoms with E-state index in [-0.39, 0.29) is 23.9 Å². The molecular weight excluding hydrogens is 367 g/mol. The second kappa shape index (κ2) is 8.29. The Morgan fingerprint density at radius 3 is 2.33 bits per heavy atom. The molecule has 1 saturated heterocycles. The third-order valence-electron chi connectivity index (χ3n) is 4.69. The van der Waals surface area contributed by atoms with Gasteiger partial charge in [0.05, 0.1) is 12.3 Å². The molecule has 2 aromatic carbocycles. The summed E-state index contributed by atoms with van der Waals surface area (Å²) < 4.78 is 39.8. The highest BCUT2D eigenvalue weighted by atomic mass is 32.2. The first-order valence-electron chi connectivity index (χ1n) is 8.88. The Hall–Kier alpha value is -2.09. The van der Waals surface area contributed by atoms with Gasteiger partial charge in [0, 0.05) is 31.7 Å². The summed E-state index contributed by atoms with van der Waals surface area (Å²) >= 11 is 0. The first kappa shape index (κ1) is 19.7. The van der Waals surface area contributed by atoms with Crippen LogP contribution in [0.5, 0.6) is 0 Å². The molecule has 1 heterocycles. The van der Waals surface area contributed by atoms with Crippen LogP contribution >= 0.6 is 0 Å². The first-order chi connectivity index (χ1) is 12.8. The van der Waals surface area contributed by atoms with Crippen LogP contribution in [0.2, 0.25) is 0 Å². The number of carbonyl (C=O) groups is 1. The van der Waals surface area contributed by atoms with Crippen molar-refractivity contribution in [3.05, 3.63) is 71.0 Å². The topological polar surface area (TPSA) is 57.7 Å². The molecule has 0 aromatic heterocycles. The molecule has 7 heteroatoms. The van der Waals surface area contributed by atoms with Gasteiger partial charge in [-0.25, -0.2) is 12.8 Å². The van der Waals surface area contributed by atoms with Crippen LogP contribution in [0.3, 0.4) is 0 Å². The largest absolute Gasteiger partial charge is 0.293 e. The summed E-state index contributed by atoms with van der Waals surface area (Å²) in [5.41, 5.74) is 2.28. The fourth-order valence-electron chi connectivity index (χ4n) is 3.20. The molecule has 5 nitrogen and oxygen atoms in total. The van der Waals surface area contributed by atoms with Gasteiger partial charge in [0.2, 0.25) is 10.0 Å². The highest BCUT2D eigenvalue weighted by molar-refractivity contribution is 7.88. The predicted molar refractivity (Wildman–Crippen MR) is 103 cm³/mol. The standard InChI is InChI=1S/C20H23FN2O3S/c1-16-3-2-4-17(13-16)15-27(25,26)23-11-9-22(10-12-23)14-20(24)18-5-7-19(21)8-6-18/h2-8,13H,9-12,14-15H2,1H3. The van der Waals surface area contributed by atoms with Crippen molar-refractivity contribution in [2.75, 3.05) is 32.7 Å². The molecular formula is C20H23FN2O3S. The van der Waals surface area contributed by atoms with E-state index in [2.05, 4.69) is 0 Å². The first-order valence-corrected chi connectivity index (χ1v) is 10.5. The molecule has 1 aliphatic rings. The minimum atomic E-state index is -3.38. The van der Waals surface area contributed by atoms with Crippen LogP contribution in [0.1, 0.15) is 21.5 Å². The van der Waals surface area contributed by atoms with Crippen LogP contribution in [-0.2, 0) is 15.8 Å². The van der Waals surface area contributed by atoms with Gasteiger partial charge in [0.1, 0.15) is 5.82 Å². The molecule has 0 radical (unpaired) electrons. The fourth-order valence-corrected chi connectivity index (χ4v) is 4.70. The van der Waals surface area contributed by atoms with E-state index in [9.17, 15) is 17.6 Å². The van der Waals surface area contributed by atoms with Crippen LogP contribution in [-0.4, -0.2) is 56.1 Å². The zero-order valence-corrected chi connectivity index (χ0v) is 16.1. The summed E-state index contributed by atoms with van der Waals surface area (Å²) in [6.45, 7) is 3.88. The van der Waals surface area contributed by atoms with Gasteiger partial charge in [-0.1, -0.05) is 29.8 Å². The average Bonchev–Trinajstić information content (AvgIpc) is 2.62. The second-order valence-electron chi connectivity index (χ2n) is 6.85. The van der Waals surface area contributed by atoms with Gasteiger partial charge in [-0.05, 0) is 36.8 Å². The van der Waals surface area contributed by atoms with Crippen LogP contribution in [0, 0.1) is 12.7 Å². The fraction of sp³-hybridized carbons (Fsp3) is 0.350. The van der Waals surface area contributed by atoms with Gasteiger partial charge in [-0.15, -0.1) is 0 Å². The number of aryl methyl sites for hydroxylation is 1. The molecule has 0 saturated carbocycles. The maximum Gasteiger partial charge on any atom is 0.218 e. The SMILES string of the molecule is Cc1cccc(CS(=O)(=O)N2CCN(CC(=O)c3ccc(F)cc3)CC2)c1. The van der Waals surface area contributed by atoms with Gasteiger partial charge in [0.15, 0.2) is 5.78 Å². The second-order valence-corrected chi connectivity index (χ2v) is 8.82. The molecule has 0 bridgehead atoms. The van der Waals surface area contributed by atoms with Crippen LogP contribution in [0.25, 0.3) is 0 Å². The molecule has 0 aliphatic carbocycles. The average molecular weight is 390 g/mol. The molecule has 1 aliphatic heterocycles. The number of benzene rings is 2. The normalized spacial score (nSPS) is 16.4. The lowest BCUT2D eigenvalue weighted by Crippen LogP contribution is -2.50. The van der Waals surface area contributed by atoms with Crippen molar-refractivity contribution >= 4 is 15.8 Å². The van der Waals surface area contributed by atoms with Crippen molar-refractivity contribution in [3.8, 4) is 0 Å². The number of hydrogen-bond donors (Lipinski definition) is 0. The van der Waals surface area contributed by atoms with Crippen LogP contribution in [0.15, 0.2) is 48.5 Å². The van der Waals surface area contributed by atoms with Crippen molar-refractivity contribution in [2.45, 2.75) is 12.7 Å². The molecule has 0 N–H and O–H groups in total. The molecule has 3 rings (SSSR count). The van der Waals surface area contributed by atoms with E-state index in [1.807, 2.05) is 36.1 Å². The molecule has 144 valence electrons. The van der Waals surface area contributed by atoms with Gasteiger partial charge in [0.25, 0.3) is 0 Å². The summed E-state index contributed by atoms with van der Waals surface area (Å²) in [4.78, 5) is 14.2. The molecule has 0 unspecified atom stereocenters. The quantitative estimate of drug-likeness (QED) is 0.711. The van der Waals surface area contributed by atoms with E-state index in [4.69, 9.17) is 0 Å². The Morgan fingerprint density at radius 2 is 1.70 bits per heavy atom. The lowest BCUT2D eigenvalue weighted by atomic mass is 10.1. The van der Waals surface area contributed by atoms with Gasteiger partial charge < -0.3 is 0 Å². The predicted octanol–water partition coefficient (Wildman–Crippen LogP) is 2.46. The summed E-state index contributed by atoms with van der Waals surface area (Å²) in [6, 6.07) is 13.0. The number of rotatable bonds is 6. The third kappa shape index (κ3) is 5.22. The van der Waals surface area contributed by atoms with Crippen molar-refractivity contribution in [2.24, 2.45) is 0 Å². The smallest absolute Gasteiger partial charge is 0.218 e.